The SMILES string of the molecule is COCCOc1cc2ncnc(Nc3cccc(B(O)O)c3)c2cc1OCCOC. The monoisotopic (exact) mass is 413 g/mol. The fraction of sp³-hybridized carbons (Fsp3) is 0.300. The molecule has 0 atom stereocenters. The molecule has 30 heavy (non-hydrogen) atoms. The van der Waals surface area contributed by atoms with Crippen molar-refractivity contribution < 1.29 is 29.0 Å². The highest BCUT2D eigenvalue weighted by Gasteiger charge is 2.14. The molecule has 0 fully saturated rings. The number of nitrogens with one attached hydrogen (secondary N) is 1. The maximum Gasteiger partial charge on any atom is 0.488 e. The Morgan fingerprint density at radius 3 is 2.27 bits per heavy atom. The fourth-order valence-electron chi connectivity index (χ4n) is 2.77. The van der Waals surface area contributed by atoms with Crippen molar-refractivity contribution >= 4 is 35.0 Å². The van der Waals surface area contributed by atoms with Crippen molar-refractivity contribution in [2.45, 2.75) is 0 Å². The third-order valence-corrected chi connectivity index (χ3v) is 4.24. The summed E-state index contributed by atoms with van der Waals surface area (Å²) in [6.07, 6.45) is 1.44. The van der Waals surface area contributed by atoms with Gasteiger partial charge in [-0.1, -0.05) is 12.1 Å². The zero-order chi connectivity index (χ0) is 21.3. The number of hydrogen-bond acceptors (Lipinski definition) is 9. The molecule has 1 aromatic heterocycles. The van der Waals surface area contributed by atoms with Crippen LogP contribution in [0.15, 0.2) is 42.7 Å². The first-order chi connectivity index (χ1) is 14.6. The second kappa shape index (κ2) is 10.7. The smallest absolute Gasteiger partial charge is 0.487 e. The van der Waals surface area contributed by atoms with Crippen LogP contribution in [0.3, 0.4) is 0 Å². The Balaban J connectivity index is 1.95. The van der Waals surface area contributed by atoms with E-state index in [1.54, 1.807) is 50.6 Å². The highest BCUT2D eigenvalue weighted by Crippen LogP contribution is 2.35. The third-order valence-electron chi connectivity index (χ3n) is 4.24. The van der Waals surface area contributed by atoms with Crippen LogP contribution < -0.4 is 20.3 Å². The lowest BCUT2D eigenvalue weighted by molar-refractivity contribution is 0.132. The van der Waals surface area contributed by atoms with Gasteiger partial charge in [0.1, 0.15) is 25.4 Å². The summed E-state index contributed by atoms with van der Waals surface area (Å²) < 4.78 is 21.7. The topological polar surface area (TPSA) is 115 Å². The molecule has 3 N–H and O–H groups in total. The average Bonchev–Trinajstić information content (AvgIpc) is 2.75. The molecular formula is C20H24BN3O6. The second-order valence-corrected chi connectivity index (χ2v) is 6.35. The van der Waals surface area contributed by atoms with Crippen molar-refractivity contribution in [3.05, 3.63) is 42.7 Å². The van der Waals surface area contributed by atoms with Crippen LogP contribution in [-0.2, 0) is 9.47 Å². The molecule has 10 heteroatoms. The van der Waals surface area contributed by atoms with Crippen LogP contribution in [0, 0.1) is 0 Å². The summed E-state index contributed by atoms with van der Waals surface area (Å²) in [6.45, 7) is 1.60. The van der Waals surface area contributed by atoms with E-state index < -0.39 is 7.12 Å². The molecule has 2 aromatic carbocycles. The van der Waals surface area contributed by atoms with Gasteiger partial charge in [-0.3, -0.25) is 0 Å². The van der Waals surface area contributed by atoms with Crippen molar-refractivity contribution in [1.29, 1.82) is 0 Å². The molecule has 9 nitrogen and oxygen atoms in total. The van der Waals surface area contributed by atoms with E-state index in [0.29, 0.717) is 60.4 Å². The lowest BCUT2D eigenvalue weighted by atomic mass is 9.80. The van der Waals surface area contributed by atoms with Gasteiger partial charge < -0.3 is 34.3 Å². The summed E-state index contributed by atoms with van der Waals surface area (Å²) in [7, 11) is 1.66. The maximum atomic E-state index is 9.40. The molecule has 0 aliphatic carbocycles. The maximum absolute atomic E-state index is 9.40. The molecule has 3 rings (SSSR count). The Morgan fingerprint density at radius 1 is 0.900 bits per heavy atom. The Morgan fingerprint density at radius 2 is 1.60 bits per heavy atom. The minimum absolute atomic E-state index is 0.357. The highest BCUT2D eigenvalue weighted by atomic mass is 16.5. The summed E-state index contributed by atoms with van der Waals surface area (Å²) in [5, 5.41) is 22.7. The highest BCUT2D eigenvalue weighted by molar-refractivity contribution is 6.58. The predicted molar refractivity (Wildman–Crippen MR) is 114 cm³/mol. The van der Waals surface area contributed by atoms with Crippen LogP contribution in [0.5, 0.6) is 11.5 Å². The third kappa shape index (κ3) is 5.58. The molecule has 3 aromatic rings. The number of fused-ring (bicyclic) bond motifs is 1. The van der Waals surface area contributed by atoms with Gasteiger partial charge in [0.2, 0.25) is 0 Å². The standard InChI is InChI=1S/C20H24BN3O6/c1-27-6-8-29-18-11-16-17(12-19(18)30-9-7-28-2)22-13-23-20(16)24-15-5-3-4-14(10-15)21(25)26/h3-5,10-13,25-26H,6-9H2,1-2H3,(H,22,23,24). The van der Waals surface area contributed by atoms with Gasteiger partial charge in [0, 0.05) is 31.4 Å². The molecule has 0 amide bonds. The normalized spacial score (nSPS) is 10.8. The van der Waals surface area contributed by atoms with Gasteiger partial charge in [0.25, 0.3) is 0 Å². The van der Waals surface area contributed by atoms with E-state index in [9.17, 15) is 10.0 Å². The molecule has 0 saturated carbocycles. The van der Waals surface area contributed by atoms with Crippen LogP contribution in [-0.4, -0.2) is 67.8 Å². The van der Waals surface area contributed by atoms with E-state index in [-0.39, 0.29) is 0 Å². The molecule has 0 spiro atoms. The number of nitrogens with zero attached hydrogens (tertiary/aromatic N) is 2. The predicted octanol–water partition coefficient (Wildman–Crippen LogP) is 1.10. The average molecular weight is 413 g/mol. The molecule has 0 radical (unpaired) electrons. The zero-order valence-corrected chi connectivity index (χ0v) is 16.9. The van der Waals surface area contributed by atoms with Crippen molar-refractivity contribution in [2.24, 2.45) is 0 Å². The molecule has 0 aliphatic heterocycles. The number of benzene rings is 2. The summed E-state index contributed by atoms with van der Waals surface area (Å²) >= 11 is 0. The molecule has 0 saturated heterocycles. The van der Waals surface area contributed by atoms with E-state index in [1.807, 2.05) is 0 Å². The Bertz CT molecular complexity index is 972. The second-order valence-electron chi connectivity index (χ2n) is 6.35. The number of methoxy groups -OCH3 is 2. The lowest BCUT2D eigenvalue weighted by Crippen LogP contribution is -2.29. The summed E-state index contributed by atoms with van der Waals surface area (Å²) in [5.74, 6) is 1.63. The van der Waals surface area contributed by atoms with Gasteiger partial charge in [-0.2, -0.15) is 0 Å². The van der Waals surface area contributed by atoms with Crippen molar-refractivity contribution in [3.63, 3.8) is 0 Å². The first-order valence-electron chi connectivity index (χ1n) is 9.37. The minimum Gasteiger partial charge on any atom is -0.487 e. The van der Waals surface area contributed by atoms with Gasteiger partial charge in [0.15, 0.2) is 11.5 Å². The number of aromatic nitrogens is 2. The molecule has 1 heterocycles. The molecule has 158 valence electrons. The summed E-state index contributed by atoms with van der Waals surface area (Å²) in [5.41, 5.74) is 1.69. The Hall–Kier alpha value is -2.92. The minimum atomic E-state index is -1.55. The Kier molecular flexibility index (Phi) is 7.80. The van der Waals surface area contributed by atoms with Gasteiger partial charge >= 0.3 is 7.12 Å². The van der Waals surface area contributed by atoms with Gasteiger partial charge in [-0.05, 0) is 23.7 Å². The van der Waals surface area contributed by atoms with E-state index in [0.717, 1.165) is 5.39 Å². The number of hydrogen-bond donors (Lipinski definition) is 3. The van der Waals surface area contributed by atoms with Crippen molar-refractivity contribution in [2.75, 3.05) is 46.0 Å². The molecule has 0 unspecified atom stereocenters. The first kappa shape index (κ1) is 21.8. The fourth-order valence-corrected chi connectivity index (χ4v) is 2.77. The summed E-state index contributed by atoms with van der Waals surface area (Å²) in [4.78, 5) is 8.66. The van der Waals surface area contributed by atoms with Crippen LogP contribution in [0.2, 0.25) is 0 Å². The largest absolute Gasteiger partial charge is 0.488 e. The molecule has 0 aliphatic rings. The zero-order valence-electron chi connectivity index (χ0n) is 16.9. The van der Waals surface area contributed by atoms with E-state index in [2.05, 4.69) is 15.3 Å². The quantitative estimate of drug-likeness (QED) is 0.314. The van der Waals surface area contributed by atoms with Crippen LogP contribution in [0.25, 0.3) is 10.9 Å². The van der Waals surface area contributed by atoms with Crippen LogP contribution in [0.1, 0.15) is 0 Å². The van der Waals surface area contributed by atoms with Crippen molar-refractivity contribution in [1.82, 2.24) is 9.97 Å². The number of rotatable bonds is 11. The van der Waals surface area contributed by atoms with Gasteiger partial charge in [0.05, 0.1) is 18.7 Å². The number of anilines is 2. The van der Waals surface area contributed by atoms with Gasteiger partial charge in [-0.25, -0.2) is 9.97 Å². The molecular weight excluding hydrogens is 389 g/mol. The summed E-state index contributed by atoms with van der Waals surface area (Å²) in [6, 6.07) is 10.4. The van der Waals surface area contributed by atoms with E-state index in [4.69, 9.17) is 18.9 Å². The van der Waals surface area contributed by atoms with Crippen molar-refractivity contribution in [3.8, 4) is 11.5 Å². The first-order valence-corrected chi connectivity index (χ1v) is 9.37. The van der Waals surface area contributed by atoms with E-state index >= 15 is 0 Å². The lowest BCUT2D eigenvalue weighted by Gasteiger charge is -2.15. The van der Waals surface area contributed by atoms with Gasteiger partial charge in [-0.15, -0.1) is 0 Å². The van der Waals surface area contributed by atoms with E-state index in [1.165, 1.54) is 6.33 Å². The molecule has 0 bridgehead atoms. The van der Waals surface area contributed by atoms with Crippen LogP contribution in [0.4, 0.5) is 11.5 Å². The Labute approximate surface area is 174 Å². The number of ether oxygens (including phenoxy) is 4. The van der Waals surface area contributed by atoms with Crippen LogP contribution >= 0.6 is 0 Å².